The van der Waals surface area contributed by atoms with Crippen molar-refractivity contribution in [2.75, 3.05) is 0 Å². The van der Waals surface area contributed by atoms with Crippen molar-refractivity contribution in [3.63, 3.8) is 0 Å². The van der Waals surface area contributed by atoms with Crippen molar-refractivity contribution in [1.82, 2.24) is 4.98 Å². The molecule has 0 bridgehead atoms. The van der Waals surface area contributed by atoms with Gasteiger partial charge in [0.1, 0.15) is 11.2 Å². The molecule has 2 aromatic heterocycles. The fourth-order valence-electron chi connectivity index (χ4n) is 3.05. The van der Waals surface area contributed by atoms with Gasteiger partial charge in [-0.15, -0.1) is 0 Å². The van der Waals surface area contributed by atoms with E-state index in [0.717, 1.165) is 33.2 Å². The normalized spacial score (nSPS) is 11.7. The summed E-state index contributed by atoms with van der Waals surface area (Å²) in [7, 11) is 0. The van der Waals surface area contributed by atoms with E-state index in [1.165, 1.54) is 5.56 Å². The molecule has 0 saturated heterocycles. The number of nitrogens with zero attached hydrogens (tertiary/aromatic N) is 1. The molecular formula is C20H16ClNO. The Morgan fingerprint density at radius 1 is 0.957 bits per heavy atom. The van der Waals surface area contributed by atoms with E-state index in [9.17, 15) is 0 Å². The number of para-hydroxylation sites is 2. The van der Waals surface area contributed by atoms with Crippen LogP contribution in [0.15, 0.2) is 59.1 Å². The van der Waals surface area contributed by atoms with Crippen molar-refractivity contribution in [3.8, 4) is 11.3 Å². The molecule has 0 radical (unpaired) electrons. The summed E-state index contributed by atoms with van der Waals surface area (Å²) >= 11 is 6.12. The number of halogens is 1. The van der Waals surface area contributed by atoms with Gasteiger partial charge in [-0.25, -0.2) is 0 Å². The highest BCUT2D eigenvalue weighted by molar-refractivity contribution is 6.30. The first-order valence-electron chi connectivity index (χ1n) is 7.71. The maximum atomic E-state index is 6.29. The van der Waals surface area contributed by atoms with Crippen molar-refractivity contribution in [3.05, 3.63) is 65.3 Å². The first kappa shape index (κ1) is 14.3. The summed E-state index contributed by atoms with van der Waals surface area (Å²) in [5.41, 5.74) is 4.85. The second-order valence-corrected chi connectivity index (χ2v) is 6.46. The summed E-state index contributed by atoms with van der Waals surface area (Å²) in [4.78, 5) is 4.44. The van der Waals surface area contributed by atoms with Gasteiger partial charge in [0.05, 0.1) is 5.69 Å². The predicted molar refractivity (Wildman–Crippen MR) is 96.1 cm³/mol. The Morgan fingerprint density at radius 3 is 2.43 bits per heavy atom. The summed E-state index contributed by atoms with van der Waals surface area (Å²) in [6, 6.07) is 16.1. The maximum absolute atomic E-state index is 6.29. The molecule has 2 aromatic carbocycles. The number of fused-ring (bicyclic) bond motifs is 3. The van der Waals surface area contributed by atoms with Gasteiger partial charge in [0.25, 0.3) is 0 Å². The number of hydrogen-bond donors (Lipinski definition) is 0. The minimum atomic E-state index is 0.409. The van der Waals surface area contributed by atoms with E-state index in [4.69, 9.17) is 16.0 Å². The van der Waals surface area contributed by atoms with Crippen molar-refractivity contribution >= 4 is 33.5 Å². The molecule has 0 N–H and O–H groups in total. The first-order chi connectivity index (χ1) is 11.1. The molecule has 2 heterocycles. The molecule has 0 saturated carbocycles. The average molecular weight is 322 g/mol. The van der Waals surface area contributed by atoms with Gasteiger partial charge in [0.2, 0.25) is 0 Å². The fraction of sp³-hybridized carbons (Fsp3) is 0.150. The van der Waals surface area contributed by atoms with Crippen molar-refractivity contribution in [2.24, 2.45) is 0 Å². The third-order valence-electron chi connectivity index (χ3n) is 4.17. The lowest BCUT2D eigenvalue weighted by Crippen LogP contribution is -1.86. The largest absolute Gasteiger partial charge is 0.455 e. The van der Waals surface area contributed by atoms with Gasteiger partial charge in [0.15, 0.2) is 0 Å². The Labute approximate surface area is 139 Å². The fourth-order valence-corrected chi connectivity index (χ4v) is 3.21. The smallest absolute Gasteiger partial charge is 0.144 e. The van der Waals surface area contributed by atoms with E-state index in [2.05, 4.69) is 43.1 Å². The third kappa shape index (κ3) is 2.30. The van der Waals surface area contributed by atoms with Crippen LogP contribution in [-0.2, 0) is 0 Å². The average Bonchev–Trinajstić information content (AvgIpc) is 2.93. The van der Waals surface area contributed by atoms with Crippen LogP contribution in [0.25, 0.3) is 33.2 Å². The highest BCUT2D eigenvalue weighted by Gasteiger charge is 2.16. The molecule has 4 aromatic rings. The molecule has 0 spiro atoms. The lowest BCUT2D eigenvalue weighted by atomic mass is 10.00. The topological polar surface area (TPSA) is 26.0 Å². The SMILES string of the molecule is CC(C)c1cccc2c1oc1c(-c3cc(Cl)ccn3)cccc12. The van der Waals surface area contributed by atoms with E-state index in [1.54, 1.807) is 12.3 Å². The summed E-state index contributed by atoms with van der Waals surface area (Å²) in [5.74, 6) is 0.409. The van der Waals surface area contributed by atoms with Crippen LogP contribution in [-0.4, -0.2) is 4.98 Å². The molecule has 0 aliphatic heterocycles. The van der Waals surface area contributed by atoms with Gasteiger partial charge >= 0.3 is 0 Å². The molecule has 0 aliphatic carbocycles. The van der Waals surface area contributed by atoms with Crippen LogP contribution in [0.1, 0.15) is 25.3 Å². The Hall–Kier alpha value is -2.32. The third-order valence-corrected chi connectivity index (χ3v) is 4.41. The lowest BCUT2D eigenvalue weighted by molar-refractivity contribution is 0.658. The van der Waals surface area contributed by atoms with Gasteiger partial charge in [-0.05, 0) is 29.7 Å². The number of rotatable bonds is 2. The molecule has 0 atom stereocenters. The van der Waals surface area contributed by atoms with Crippen molar-refractivity contribution in [2.45, 2.75) is 19.8 Å². The Bertz CT molecular complexity index is 1020. The number of pyridine rings is 1. The van der Waals surface area contributed by atoms with E-state index in [-0.39, 0.29) is 0 Å². The van der Waals surface area contributed by atoms with Crippen LogP contribution in [0.4, 0.5) is 0 Å². The number of benzene rings is 2. The number of aromatic nitrogens is 1. The van der Waals surface area contributed by atoms with Crippen LogP contribution in [0, 0.1) is 0 Å². The number of furan rings is 1. The summed E-state index contributed by atoms with van der Waals surface area (Å²) < 4.78 is 6.29. The number of hydrogen-bond acceptors (Lipinski definition) is 2. The summed E-state index contributed by atoms with van der Waals surface area (Å²) in [5, 5.41) is 2.93. The van der Waals surface area contributed by atoms with E-state index < -0.39 is 0 Å². The van der Waals surface area contributed by atoms with E-state index in [1.807, 2.05) is 18.2 Å². The molecule has 0 unspecified atom stereocenters. The Morgan fingerprint density at radius 2 is 1.70 bits per heavy atom. The lowest BCUT2D eigenvalue weighted by Gasteiger charge is -2.04. The van der Waals surface area contributed by atoms with Crippen LogP contribution in [0.3, 0.4) is 0 Å². The van der Waals surface area contributed by atoms with Crippen LogP contribution in [0.5, 0.6) is 0 Å². The minimum absolute atomic E-state index is 0.409. The molecule has 0 amide bonds. The summed E-state index contributed by atoms with van der Waals surface area (Å²) in [6.07, 6.45) is 1.72. The van der Waals surface area contributed by atoms with Crippen LogP contribution >= 0.6 is 11.6 Å². The van der Waals surface area contributed by atoms with Crippen LogP contribution in [0.2, 0.25) is 5.02 Å². The van der Waals surface area contributed by atoms with Gasteiger partial charge < -0.3 is 4.42 Å². The van der Waals surface area contributed by atoms with Gasteiger partial charge in [-0.1, -0.05) is 55.8 Å². The highest BCUT2D eigenvalue weighted by Crippen LogP contribution is 2.38. The highest BCUT2D eigenvalue weighted by atomic mass is 35.5. The quantitative estimate of drug-likeness (QED) is 0.425. The predicted octanol–water partition coefficient (Wildman–Crippen LogP) is 6.42. The van der Waals surface area contributed by atoms with Gasteiger partial charge in [-0.3, -0.25) is 4.98 Å². The molecule has 114 valence electrons. The molecule has 0 aliphatic rings. The molecule has 0 fully saturated rings. The maximum Gasteiger partial charge on any atom is 0.144 e. The Balaban J connectivity index is 2.08. The first-order valence-corrected chi connectivity index (χ1v) is 8.09. The molecular weight excluding hydrogens is 306 g/mol. The molecule has 23 heavy (non-hydrogen) atoms. The van der Waals surface area contributed by atoms with Gasteiger partial charge in [-0.2, -0.15) is 0 Å². The van der Waals surface area contributed by atoms with Crippen molar-refractivity contribution < 1.29 is 4.42 Å². The van der Waals surface area contributed by atoms with Crippen LogP contribution < -0.4 is 0 Å². The summed E-state index contributed by atoms with van der Waals surface area (Å²) in [6.45, 7) is 4.36. The van der Waals surface area contributed by atoms with Crippen molar-refractivity contribution in [1.29, 1.82) is 0 Å². The zero-order valence-corrected chi connectivity index (χ0v) is 13.8. The zero-order valence-electron chi connectivity index (χ0n) is 13.0. The zero-order chi connectivity index (χ0) is 16.0. The van der Waals surface area contributed by atoms with E-state index >= 15 is 0 Å². The minimum Gasteiger partial charge on any atom is -0.455 e. The monoisotopic (exact) mass is 321 g/mol. The second-order valence-electron chi connectivity index (χ2n) is 6.02. The standard InChI is InChI=1S/C20H16ClNO/c1-12(2)14-5-3-6-15-16-7-4-8-17(20(16)23-19(14)15)18-11-13(21)9-10-22-18/h3-12H,1-2H3. The Kier molecular flexibility index (Phi) is 3.35. The molecule has 4 rings (SSSR count). The van der Waals surface area contributed by atoms with Gasteiger partial charge in [0, 0.05) is 27.6 Å². The van der Waals surface area contributed by atoms with E-state index in [0.29, 0.717) is 10.9 Å². The second kappa shape index (κ2) is 5.39. The molecule has 3 heteroatoms. The molecule has 2 nitrogen and oxygen atoms in total.